The topological polar surface area (TPSA) is 40.5 Å². The highest BCUT2D eigenvalue weighted by atomic mass is 16.5. The van der Waals surface area contributed by atoms with Crippen molar-refractivity contribution >= 4 is 10.9 Å². The van der Waals surface area contributed by atoms with E-state index in [4.69, 9.17) is 9.47 Å². The summed E-state index contributed by atoms with van der Waals surface area (Å²) in [7, 11) is 3.31. The summed E-state index contributed by atoms with van der Waals surface area (Å²) in [6.07, 6.45) is 0.508. The predicted octanol–water partition coefficient (Wildman–Crippen LogP) is 6.27. The average Bonchev–Trinajstić information content (AvgIpc) is 2.91. The van der Waals surface area contributed by atoms with Crippen molar-refractivity contribution < 1.29 is 9.47 Å². The molecule has 1 aromatic heterocycles. The lowest BCUT2D eigenvalue weighted by Crippen LogP contribution is -2.18. The molecule has 4 aromatic carbocycles. The SMILES string of the molecule is COc1ccc(-n2c(-c3ccccc3OC)c(Cc3ccccc3)c(=O)c3ccccc32)cc1. The highest BCUT2D eigenvalue weighted by Crippen LogP contribution is 2.36. The molecule has 0 aliphatic carbocycles. The van der Waals surface area contributed by atoms with Gasteiger partial charge in [0, 0.05) is 28.6 Å². The maximum absolute atomic E-state index is 13.9. The molecular formula is C30H25NO3. The maximum atomic E-state index is 13.9. The number of benzene rings is 4. The molecule has 0 saturated carbocycles. The molecule has 5 aromatic rings. The third-order valence-electron chi connectivity index (χ3n) is 6.09. The number of methoxy groups -OCH3 is 2. The van der Waals surface area contributed by atoms with Crippen molar-refractivity contribution in [2.24, 2.45) is 0 Å². The second kappa shape index (κ2) is 9.28. The van der Waals surface area contributed by atoms with E-state index in [1.54, 1.807) is 14.2 Å². The number of aromatic nitrogens is 1. The average molecular weight is 448 g/mol. The highest BCUT2D eigenvalue weighted by Gasteiger charge is 2.22. The van der Waals surface area contributed by atoms with Gasteiger partial charge in [0.05, 0.1) is 25.4 Å². The van der Waals surface area contributed by atoms with Crippen molar-refractivity contribution in [3.05, 3.63) is 124 Å². The van der Waals surface area contributed by atoms with E-state index in [0.29, 0.717) is 17.6 Å². The summed E-state index contributed by atoms with van der Waals surface area (Å²) in [5.41, 5.74) is 5.31. The van der Waals surface area contributed by atoms with Gasteiger partial charge < -0.3 is 14.0 Å². The minimum absolute atomic E-state index is 0.0325. The van der Waals surface area contributed by atoms with Gasteiger partial charge in [-0.15, -0.1) is 0 Å². The summed E-state index contributed by atoms with van der Waals surface area (Å²) in [5.74, 6) is 1.49. The summed E-state index contributed by atoms with van der Waals surface area (Å²) in [5, 5.41) is 0.683. The molecule has 0 aliphatic heterocycles. The first-order valence-corrected chi connectivity index (χ1v) is 11.2. The van der Waals surface area contributed by atoms with E-state index >= 15 is 0 Å². The summed E-state index contributed by atoms with van der Waals surface area (Å²) in [6, 6.07) is 33.6. The first-order valence-electron chi connectivity index (χ1n) is 11.2. The Labute approximate surface area is 198 Å². The predicted molar refractivity (Wildman–Crippen MR) is 137 cm³/mol. The molecule has 0 atom stereocenters. The van der Waals surface area contributed by atoms with Crippen LogP contribution in [0.25, 0.3) is 27.8 Å². The standard InChI is InChI=1S/C30H25NO3/c1-33-23-18-16-22(17-19-23)31-27-14-8-6-12-24(27)30(32)26(20-21-10-4-3-5-11-21)29(31)25-13-7-9-15-28(25)34-2/h3-19H,20H2,1-2H3. The van der Waals surface area contributed by atoms with Gasteiger partial charge in [0.25, 0.3) is 0 Å². The summed E-state index contributed by atoms with van der Waals surface area (Å²) < 4.78 is 13.3. The van der Waals surface area contributed by atoms with Crippen LogP contribution in [0, 0.1) is 0 Å². The Balaban J connectivity index is 1.93. The van der Waals surface area contributed by atoms with Crippen LogP contribution < -0.4 is 14.9 Å². The summed E-state index contributed by atoms with van der Waals surface area (Å²) in [6.45, 7) is 0. The molecule has 1 heterocycles. The Bertz CT molecular complexity index is 1500. The molecule has 0 bridgehead atoms. The fraction of sp³-hybridized carbons (Fsp3) is 0.100. The van der Waals surface area contributed by atoms with E-state index in [1.165, 1.54) is 0 Å². The number of nitrogens with zero attached hydrogens (tertiary/aromatic N) is 1. The zero-order chi connectivity index (χ0) is 23.5. The van der Waals surface area contributed by atoms with E-state index in [9.17, 15) is 4.79 Å². The smallest absolute Gasteiger partial charge is 0.193 e. The molecule has 0 amide bonds. The molecule has 0 aliphatic rings. The second-order valence-corrected chi connectivity index (χ2v) is 8.07. The van der Waals surface area contributed by atoms with Gasteiger partial charge >= 0.3 is 0 Å². The minimum atomic E-state index is 0.0325. The van der Waals surface area contributed by atoms with Gasteiger partial charge in [-0.1, -0.05) is 54.6 Å². The summed E-state index contributed by atoms with van der Waals surface area (Å²) >= 11 is 0. The van der Waals surface area contributed by atoms with Gasteiger partial charge in [-0.2, -0.15) is 0 Å². The van der Waals surface area contributed by atoms with Crippen molar-refractivity contribution in [2.45, 2.75) is 6.42 Å². The van der Waals surface area contributed by atoms with Gasteiger partial charge in [-0.3, -0.25) is 4.79 Å². The zero-order valence-electron chi connectivity index (χ0n) is 19.2. The van der Waals surface area contributed by atoms with Gasteiger partial charge in [-0.05, 0) is 54.1 Å². The minimum Gasteiger partial charge on any atom is -0.497 e. The number of para-hydroxylation sites is 2. The Hall–Kier alpha value is -4.31. The molecule has 168 valence electrons. The molecule has 5 rings (SSSR count). The van der Waals surface area contributed by atoms with Crippen LogP contribution >= 0.6 is 0 Å². The van der Waals surface area contributed by atoms with Crippen LogP contribution in [-0.2, 0) is 6.42 Å². The molecule has 4 heteroatoms. The first-order chi connectivity index (χ1) is 16.7. The van der Waals surface area contributed by atoms with Crippen LogP contribution in [0.5, 0.6) is 11.5 Å². The number of fused-ring (bicyclic) bond motifs is 1. The van der Waals surface area contributed by atoms with Crippen molar-refractivity contribution in [1.29, 1.82) is 0 Å². The van der Waals surface area contributed by atoms with Crippen LogP contribution in [0.2, 0.25) is 0 Å². The number of pyridine rings is 1. The monoisotopic (exact) mass is 447 g/mol. The molecule has 0 saturated heterocycles. The number of hydrogen-bond acceptors (Lipinski definition) is 3. The number of hydrogen-bond donors (Lipinski definition) is 0. The molecule has 4 nitrogen and oxygen atoms in total. The zero-order valence-corrected chi connectivity index (χ0v) is 19.2. The van der Waals surface area contributed by atoms with Crippen LogP contribution in [0.4, 0.5) is 0 Å². The van der Waals surface area contributed by atoms with Crippen molar-refractivity contribution in [2.75, 3.05) is 14.2 Å². The van der Waals surface area contributed by atoms with E-state index in [1.807, 2.05) is 91.0 Å². The van der Waals surface area contributed by atoms with Gasteiger partial charge in [0.1, 0.15) is 11.5 Å². The highest BCUT2D eigenvalue weighted by molar-refractivity contribution is 5.88. The molecule has 0 fully saturated rings. The van der Waals surface area contributed by atoms with Crippen LogP contribution in [0.1, 0.15) is 11.1 Å². The third-order valence-corrected chi connectivity index (χ3v) is 6.09. The van der Waals surface area contributed by atoms with E-state index in [-0.39, 0.29) is 5.43 Å². The largest absolute Gasteiger partial charge is 0.497 e. The second-order valence-electron chi connectivity index (χ2n) is 8.07. The van der Waals surface area contributed by atoms with Gasteiger partial charge in [0.15, 0.2) is 5.43 Å². The Kier molecular flexibility index (Phi) is 5.88. The van der Waals surface area contributed by atoms with E-state index in [0.717, 1.165) is 39.3 Å². The number of ether oxygens (including phenoxy) is 2. The van der Waals surface area contributed by atoms with E-state index in [2.05, 4.69) is 16.7 Å². The van der Waals surface area contributed by atoms with Gasteiger partial charge in [0.2, 0.25) is 0 Å². The molecule has 0 spiro atoms. The Morgan fingerprint density at radius 1 is 0.706 bits per heavy atom. The maximum Gasteiger partial charge on any atom is 0.193 e. The fourth-order valence-electron chi connectivity index (χ4n) is 4.47. The van der Waals surface area contributed by atoms with Crippen molar-refractivity contribution in [1.82, 2.24) is 4.57 Å². The van der Waals surface area contributed by atoms with Crippen molar-refractivity contribution in [3.8, 4) is 28.4 Å². The fourth-order valence-corrected chi connectivity index (χ4v) is 4.47. The lowest BCUT2D eigenvalue weighted by atomic mass is 9.95. The normalized spacial score (nSPS) is 10.9. The quantitative estimate of drug-likeness (QED) is 0.308. The first kappa shape index (κ1) is 21.5. The molecule has 34 heavy (non-hydrogen) atoms. The van der Waals surface area contributed by atoms with Crippen molar-refractivity contribution in [3.63, 3.8) is 0 Å². The number of rotatable bonds is 6. The lowest BCUT2D eigenvalue weighted by Gasteiger charge is -2.22. The Morgan fingerprint density at radius 2 is 1.38 bits per heavy atom. The van der Waals surface area contributed by atoms with Crippen LogP contribution in [-0.4, -0.2) is 18.8 Å². The molecule has 0 N–H and O–H groups in total. The molecule has 0 unspecified atom stereocenters. The lowest BCUT2D eigenvalue weighted by molar-refractivity contribution is 0.414. The van der Waals surface area contributed by atoms with Crippen LogP contribution in [0.3, 0.4) is 0 Å². The Morgan fingerprint density at radius 3 is 2.12 bits per heavy atom. The molecule has 0 radical (unpaired) electrons. The van der Waals surface area contributed by atoms with Crippen LogP contribution in [0.15, 0.2) is 108 Å². The third kappa shape index (κ3) is 3.84. The molecular weight excluding hydrogens is 422 g/mol. The van der Waals surface area contributed by atoms with E-state index < -0.39 is 0 Å². The summed E-state index contributed by atoms with van der Waals surface area (Å²) in [4.78, 5) is 13.9. The van der Waals surface area contributed by atoms with Gasteiger partial charge in [-0.25, -0.2) is 0 Å².